The molecule has 3 nitrogen and oxygen atoms in total. The zero-order chi connectivity index (χ0) is 13.8. The Hall–Kier alpha value is -0.820. The van der Waals surface area contributed by atoms with Gasteiger partial charge in [-0.05, 0) is 12.5 Å². The Balaban J connectivity index is 0.00000324. The van der Waals surface area contributed by atoms with E-state index in [-0.39, 0.29) is 12.4 Å². The molecular formula is C12H18ClF3N2O. The Morgan fingerprint density at radius 2 is 1.79 bits per heavy atom. The van der Waals surface area contributed by atoms with Crippen LogP contribution in [0, 0.1) is 0 Å². The molecule has 0 spiro atoms. The summed E-state index contributed by atoms with van der Waals surface area (Å²) in [6.07, 6.45) is -4.48. The molecule has 0 bridgehead atoms. The van der Waals surface area contributed by atoms with Crippen molar-refractivity contribution in [3.63, 3.8) is 0 Å². The maximum Gasteiger partial charge on any atom is 0.407 e. The van der Waals surface area contributed by atoms with Crippen molar-refractivity contribution in [2.45, 2.75) is 24.7 Å². The predicted octanol–water partition coefficient (Wildman–Crippen LogP) is 2.01. The molecule has 1 rings (SSSR count). The minimum atomic E-state index is -4.48. The molecule has 0 radical (unpaired) electrons. The third-order valence-electron chi connectivity index (χ3n) is 2.91. The van der Waals surface area contributed by atoms with Gasteiger partial charge in [-0.1, -0.05) is 30.3 Å². The van der Waals surface area contributed by atoms with Crippen LogP contribution in [0.15, 0.2) is 30.3 Å². The quantitative estimate of drug-likeness (QED) is 0.779. The summed E-state index contributed by atoms with van der Waals surface area (Å²) in [6.45, 7) is -0.0475. The summed E-state index contributed by atoms with van der Waals surface area (Å²) in [6, 6.07) is 7.66. The van der Waals surface area contributed by atoms with E-state index in [1.165, 1.54) is 0 Å². The molecule has 7 heteroatoms. The fourth-order valence-corrected chi connectivity index (χ4v) is 1.56. The van der Waals surface area contributed by atoms with Gasteiger partial charge in [-0.25, -0.2) is 0 Å². The van der Waals surface area contributed by atoms with E-state index in [4.69, 9.17) is 5.73 Å². The number of nitrogens with two attached hydrogens (primary N) is 1. The van der Waals surface area contributed by atoms with Gasteiger partial charge in [0.1, 0.15) is 5.54 Å². The van der Waals surface area contributed by atoms with Gasteiger partial charge in [-0.3, -0.25) is 5.32 Å². The number of rotatable bonds is 5. The molecule has 110 valence electrons. The van der Waals surface area contributed by atoms with Gasteiger partial charge in [0.2, 0.25) is 0 Å². The summed E-state index contributed by atoms with van der Waals surface area (Å²) in [5.41, 5.74) is 3.57. The summed E-state index contributed by atoms with van der Waals surface area (Å²) < 4.78 is 38.7. The van der Waals surface area contributed by atoms with Crippen molar-refractivity contribution < 1.29 is 18.3 Å². The van der Waals surface area contributed by atoms with E-state index in [1.807, 2.05) is 0 Å². The highest BCUT2D eigenvalue weighted by Crippen LogP contribution is 2.31. The van der Waals surface area contributed by atoms with E-state index in [0.29, 0.717) is 5.56 Å². The van der Waals surface area contributed by atoms with Crippen LogP contribution in [-0.4, -0.2) is 30.0 Å². The number of aliphatic hydroxyl groups excluding tert-OH is 1. The minimum absolute atomic E-state index is 0. The second kappa shape index (κ2) is 7.09. The number of alkyl halides is 3. The summed E-state index contributed by atoms with van der Waals surface area (Å²) in [5.74, 6) is 0. The Kier molecular flexibility index (Phi) is 6.79. The molecule has 2 atom stereocenters. The van der Waals surface area contributed by atoms with Crippen LogP contribution in [-0.2, 0) is 0 Å². The second-order valence-electron chi connectivity index (χ2n) is 4.32. The Morgan fingerprint density at radius 3 is 2.16 bits per heavy atom. The van der Waals surface area contributed by atoms with E-state index in [1.54, 1.807) is 30.3 Å². The molecule has 0 amide bonds. The van der Waals surface area contributed by atoms with Crippen LogP contribution < -0.4 is 11.1 Å². The smallest absolute Gasteiger partial charge is 0.394 e. The summed E-state index contributed by atoms with van der Waals surface area (Å²) in [4.78, 5) is 0. The molecule has 1 aromatic carbocycles. The van der Waals surface area contributed by atoms with Crippen LogP contribution in [0.4, 0.5) is 13.2 Å². The van der Waals surface area contributed by atoms with Gasteiger partial charge >= 0.3 is 6.18 Å². The van der Waals surface area contributed by atoms with Gasteiger partial charge in [0.05, 0.1) is 12.6 Å². The first-order valence-corrected chi connectivity index (χ1v) is 5.54. The molecule has 0 aliphatic carbocycles. The molecule has 0 saturated carbocycles. The first kappa shape index (κ1) is 18.2. The number of hydrogen-bond acceptors (Lipinski definition) is 3. The normalized spacial score (nSPS) is 16.3. The average molecular weight is 299 g/mol. The lowest BCUT2D eigenvalue weighted by Gasteiger charge is -2.35. The van der Waals surface area contributed by atoms with Crippen molar-refractivity contribution in [1.82, 2.24) is 5.32 Å². The maximum absolute atomic E-state index is 12.9. The van der Waals surface area contributed by atoms with Gasteiger partial charge in [-0.15, -0.1) is 12.4 Å². The topological polar surface area (TPSA) is 58.3 Å². The van der Waals surface area contributed by atoms with Crippen molar-refractivity contribution in [2.75, 3.05) is 13.2 Å². The molecule has 0 saturated heterocycles. The van der Waals surface area contributed by atoms with Crippen LogP contribution in [0.5, 0.6) is 0 Å². The third-order valence-corrected chi connectivity index (χ3v) is 2.91. The molecule has 0 fully saturated rings. The summed E-state index contributed by atoms with van der Waals surface area (Å²) in [7, 11) is 0. The highest BCUT2D eigenvalue weighted by molar-refractivity contribution is 5.85. The monoisotopic (exact) mass is 298 g/mol. The Morgan fingerprint density at radius 1 is 1.26 bits per heavy atom. The number of halogens is 4. The molecule has 1 aromatic rings. The fourth-order valence-electron chi connectivity index (χ4n) is 1.56. The lowest BCUT2D eigenvalue weighted by Crippen LogP contribution is -2.60. The largest absolute Gasteiger partial charge is 0.407 e. The van der Waals surface area contributed by atoms with E-state index < -0.39 is 30.9 Å². The van der Waals surface area contributed by atoms with E-state index in [9.17, 15) is 18.3 Å². The predicted molar refractivity (Wildman–Crippen MR) is 70.2 cm³/mol. The van der Waals surface area contributed by atoms with Gasteiger partial charge < -0.3 is 10.8 Å². The third kappa shape index (κ3) is 4.35. The Bertz CT molecular complexity index is 375. The molecule has 4 N–H and O–H groups in total. The van der Waals surface area contributed by atoms with Crippen molar-refractivity contribution >= 4 is 12.4 Å². The van der Waals surface area contributed by atoms with Gasteiger partial charge in [0.15, 0.2) is 0 Å². The molecule has 1 unspecified atom stereocenters. The van der Waals surface area contributed by atoms with E-state index >= 15 is 0 Å². The lowest BCUT2D eigenvalue weighted by molar-refractivity contribution is -0.191. The Labute approximate surface area is 116 Å². The number of aliphatic hydroxyl groups is 1. The highest BCUT2D eigenvalue weighted by atomic mass is 35.5. The van der Waals surface area contributed by atoms with Crippen LogP contribution in [0.3, 0.4) is 0 Å². The summed E-state index contributed by atoms with van der Waals surface area (Å²) in [5, 5.41) is 11.6. The summed E-state index contributed by atoms with van der Waals surface area (Å²) >= 11 is 0. The van der Waals surface area contributed by atoms with Crippen LogP contribution in [0.1, 0.15) is 18.5 Å². The van der Waals surface area contributed by atoms with Crippen molar-refractivity contribution in [3.8, 4) is 0 Å². The van der Waals surface area contributed by atoms with Gasteiger partial charge in [0, 0.05) is 6.54 Å². The fraction of sp³-hybridized carbons (Fsp3) is 0.500. The van der Waals surface area contributed by atoms with Crippen molar-refractivity contribution in [2.24, 2.45) is 5.73 Å². The standard InChI is InChI=1S/C12H17F3N2O.ClH/c1-11(8-16,12(13,14)15)17-10(7-18)9-5-3-2-4-6-9;/h2-6,10,17-18H,7-8,16H2,1H3;1H/t10?,11-;/m0./s1. The van der Waals surface area contributed by atoms with Gasteiger partial charge in [0.25, 0.3) is 0 Å². The number of benzene rings is 1. The maximum atomic E-state index is 12.9. The lowest BCUT2D eigenvalue weighted by atomic mass is 9.98. The van der Waals surface area contributed by atoms with Crippen LogP contribution in [0.2, 0.25) is 0 Å². The SMILES string of the molecule is C[C@@](CN)(NC(CO)c1ccccc1)C(F)(F)F.Cl. The highest BCUT2D eigenvalue weighted by Gasteiger charge is 2.51. The van der Waals surface area contributed by atoms with E-state index in [0.717, 1.165) is 6.92 Å². The molecule has 0 aliphatic rings. The van der Waals surface area contributed by atoms with Gasteiger partial charge in [-0.2, -0.15) is 13.2 Å². The molecule has 0 aromatic heterocycles. The van der Waals surface area contributed by atoms with E-state index in [2.05, 4.69) is 5.32 Å². The van der Waals surface area contributed by atoms with Crippen LogP contribution in [0.25, 0.3) is 0 Å². The first-order chi connectivity index (χ1) is 8.34. The second-order valence-corrected chi connectivity index (χ2v) is 4.32. The molecular weight excluding hydrogens is 281 g/mol. The van der Waals surface area contributed by atoms with Crippen molar-refractivity contribution in [1.29, 1.82) is 0 Å². The number of nitrogens with one attached hydrogen (secondary N) is 1. The van der Waals surface area contributed by atoms with Crippen LogP contribution >= 0.6 is 12.4 Å². The molecule has 0 aliphatic heterocycles. The first-order valence-electron chi connectivity index (χ1n) is 5.54. The zero-order valence-electron chi connectivity index (χ0n) is 10.4. The number of hydrogen-bond donors (Lipinski definition) is 3. The zero-order valence-corrected chi connectivity index (χ0v) is 11.3. The average Bonchev–Trinajstić information content (AvgIpc) is 2.35. The molecule has 19 heavy (non-hydrogen) atoms. The van der Waals surface area contributed by atoms with Crippen molar-refractivity contribution in [3.05, 3.63) is 35.9 Å². The minimum Gasteiger partial charge on any atom is -0.394 e. The molecule has 0 heterocycles.